The Morgan fingerprint density at radius 1 is 1.20 bits per heavy atom. The summed E-state index contributed by atoms with van der Waals surface area (Å²) < 4.78 is 0. The largest absolute Gasteiger partial charge is 0.320 e. The van der Waals surface area contributed by atoms with Gasteiger partial charge in [-0.3, -0.25) is 15.2 Å². The first-order chi connectivity index (χ1) is 12.0. The Morgan fingerprint density at radius 3 is 2.28 bits per heavy atom. The molecule has 0 spiro atoms. The van der Waals surface area contributed by atoms with Gasteiger partial charge in [-0.1, -0.05) is 0 Å². The molecule has 1 amide bonds. The normalized spacial score (nSPS) is 18.4. The predicted molar refractivity (Wildman–Crippen MR) is 94.6 cm³/mol. The van der Waals surface area contributed by atoms with E-state index in [0.29, 0.717) is 23.7 Å². The van der Waals surface area contributed by atoms with Gasteiger partial charge in [0.05, 0.1) is 11.7 Å². The lowest BCUT2D eigenvalue weighted by Crippen LogP contribution is -2.44. The zero-order valence-corrected chi connectivity index (χ0v) is 14.6. The summed E-state index contributed by atoms with van der Waals surface area (Å²) in [5.74, 6) is 1.70. The number of amides is 1. The number of aromatic amines is 1. The van der Waals surface area contributed by atoms with Crippen LogP contribution in [0.5, 0.6) is 0 Å². The molecule has 1 atom stereocenters. The highest BCUT2D eigenvalue weighted by Crippen LogP contribution is 2.50. The summed E-state index contributed by atoms with van der Waals surface area (Å²) in [5, 5.41) is 9.91. The molecule has 2 heterocycles. The van der Waals surface area contributed by atoms with Crippen LogP contribution >= 0.6 is 0 Å². The van der Waals surface area contributed by atoms with Crippen LogP contribution in [0.3, 0.4) is 0 Å². The quantitative estimate of drug-likeness (QED) is 0.746. The second-order valence-corrected chi connectivity index (χ2v) is 7.37. The van der Waals surface area contributed by atoms with Crippen LogP contribution in [0, 0.1) is 31.6 Å². The Hall–Kier alpha value is -2.28. The molecule has 2 aromatic rings. The first-order valence-corrected chi connectivity index (χ1v) is 8.95. The van der Waals surface area contributed by atoms with Crippen LogP contribution in [0.1, 0.15) is 37.1 Å². The number of carbonyl (C=O) groups is 1. The third-order valence-corrected chi connectivity index (χ3v) is 5.35. The van der Waals surface area contributed by atoms with Gasteiger partial charge in [-0.2, -0.15) is 5.10 Å². The molecular formula is C18H24N6O. The fraction of sp³-hybridized carbons (Fsp3) is 0.556. The lowest BCUT2D eigenvalue weighted by Gasteiger charge is -2.22. The Labute approximate surface area is 146 Å². The van der Waals surface area contributed by atoms with Crippen LogP contribution in [0.2, 0.25) is 0 Å². The van der Waals surface area contributed by atoms with Crippen LogP contribution < -0.4 is 11.1 Å². The molecular weight excluding hydrogens is 316 g/mol. The molecule has 2 aromatic heterocycles. The van der Waals surface area contributed by atoms with Gasteiger partial charge in [-0.15, -0.1) is 0 Å². The van der Waals surface area contributed by atoms with Gasteiger partial charge in [0, 0.05) is 29.2 Å². The Kier molecular flexibility index (Phi) is 4.03. The van der Waals surface area contributed by atoms with Crippen LogP contribution in [-0.4, -0.2) is 32.1 Å². The summed E-state index contributed by atoms with van der Waals surface area (Å²) >= 11 is 0. The van der Waals surface area contributed by atoms with Crippen molar-refractivity contribution in [3.05, 3.63) is 23.8 Å². The maximum Gasteiger partial charge on any atom is 0.243 e. The number of nitrogens with one attached hydrogen (secondary N) is 2. The molecule has 0 unspecified atom stereocenters. The van der Waals surface area contributed by atoms with E-state index in [0.717, 1.165) is 22.5 Å². The summed E-state index contributed by atoms with van der Waals surface area (Å²) in [6, 6.07) is -0.471. The maximum atomic E-state index is 12.5. The molecule has 2 aliphatic carbocycles. The van der Waals surface area contributed by atoms with E-state index >= 15 is 0 Å². The first kappa shape index (κ1) is 16.2. The molecule has 2 saturated carbocycles. The highest BCUT2D eigenvalue weighted by molar-refractivity contribution is 5.93. The topological polar surface area (TPSA) is 110 Å². The van der Waals surface area contributed by atoms with Crippen LogP contribution in [0.15, 0.2) is 12.4 Å². The number of H-pyrrole nitrogens is 1. The van der Waals surface area contributed by atoms with Gasteiger partial charge in [0.2, 0.25) is 11.9 Å². The van der Waals surface area contributed by atoms with Crippen LogP contribution in [-0.2, 0) is 4.79 Å². The number of nitrogens with zero attached hydrogens (tertiary/aromatic N) is 3. The van der Waals surface area contributed by atoms with Crippen molar-refractivity contribution in [2.75, 3.05) is 5.32 Å². The Bertz CT molecular complexity index is 744. The smallest absolute Gasteiger partial charge is 0.243 e. The monoisotopic (exact) mass is 340 g/mol. The molecule has 2 aliphatic rings. The van der Waals surface area contributed by atoms with E-state index in [1.54, 1.807) is 12.4 Å². The number of rotatable bonds is 6. The predicted octanol–water partition coefficient (Wildman–Crippen LogP) is 2.19. The van der Waals surface area contributed by atoms with Gasteiger partial charge in [0.25, 0.3) is 0 Å². The van der Waals surface area contributed by atoms with Crippen molar-refractivity contribution >= 4 is 11.9 Å². The zero-order chi connectivity index (χ0) is 17.6. The average Bonchev–Trinajstić information content (AvgIpc) is 3.51. The van der Waals surface area contributed by atoms with Gasteiger partial charge < -0.3 is 5.73 Å². The highest BCUT2D eigenvalue weighted by Gasteiger charge is 2.46. The lowest BCUT2D eigenvalue weighted by atomic mass is 9.89. The summed E-state index contributed by atoms with van der Waals surface area (Å²) in [6.45, 7) is 3.89. The summed E-state index contributed by atoms with van der Waals surface area (Å²) in [5.41, 5.74) is 10.00. The summed E-state index contributed by atoms with van der Waals surface area (Å²) in [7, 11) is 0. The molecule has 7 heteroatoms. The average molecular weight is 340 g/mol. The molecule has 25 heavy (non-hydrogen) atoms. The third-order valence-electron chi connectivity index (χ3n) is 5.35. The van der Waals surface area contributed by atoms with E-state index in [4.69, 9.17) is 5.73 Å². The van der Waals surface area contributed by atoms with E-state index in [1.807, 2.05) is 13.8 Å². The zero-order valence-electron chi connectivity index (χ0n) is 14.6. The maximum absolute atomic E-state index is 12.5. The van der Waals surface area contributed by atoms with Crippen LogP contribution in [0.25, 0.3) is 11.1 Å². The van der Waals surface area contributed by atoms with E-state index in [2.05, 4.69) is 25.5 Å². The third kappa shape index (κ3) is 3.28. The van der Waals surface area contributed by atoms with Crippen molar-refractivity contribution in [3.8, 4) is 11.1 Å². The minimum atomic E-state index is -0.471. The van der Waals surface area contributed by atoms with Gasteiger partial charge in [0.1, 0.15) is 0 Å². The van der Waals surface area contributed by atoms with Crippen molar-refractivity contribution < 1.29 is 4.79 Å². The highest BCUT2D eigenvalue weighted by atomic mass is 16.2. The van der Waals surface area contributed by atoms with E-state index in [9.17, 15) is 4.79 Å². The standard InChI is InChI=1S/C18H24N6O/c1-9-14(10(2)24-23-9)13-7-20-18(21-8-13)22-17(25)16(19)15(11-3-4-11)12-5-6-12/h7-8,11-12,15-16H,3-6,19H2,1-2H3,(H,23,24)(H,20,21,22,25)/t16-/m0/s1. The number of carbonyl (C=O) groups excluding carboxylic acids is 1. The fourth-order valence-electron chi connectivity index (χ4n) is 3.80. The number of aromatic nitrogens is 4. The Morgan fingerprint density at radius 2 is 1.80 bits per heavy atom. The molecule has 4 N–H and O–H groups in total. The van der Waals surface area contributed by atoms with Crippen molar-refractivity contribution in [1.82, 2.24) is 20.2 Å². The fourth-order valence-corrected chi connectivity index (χ4v) is 3.80. The van der Waals surface area contributed by atoms with Crippen molar-refractivity contribution in [2.24, 2.45) is 23.5 Å². The summed E-state index contributed by atoms with van der Waals surface area (Å²) in [6.07, 6.45) is 8.23. The van der Waals surface area contributed by atoms with Crippen molar-refractivity contribution in [1.29, 1.82) is 0 Å². The minimum Gasteiger partial charge on any atom is -0.320 e. The van der Waals surface area contributed by atoms with Crippen molar-refractivity contribution in [3.63, 3.8) is 0 Å². The molecule has 0 saturated heterocycles. The molecule has 2 fully saturated rings. The molecule has 7 nitrogen and oxygen atoms in total. The summed E-state index contributed by atoms with van der Waals surface area (Å²) in [4.78, 5) is 21.1. The number of aryl methyl sites for hydroxylation is 2. The van der Waals surface area contributed by atoms with Crippen molar-refractivity contribution in [2.45, 2.75) is 45.6 Å². The first-order valence-electron chi connectivity index (χ1n) is 8.95. The molecule has 0 radical (unpaired) electrons. The Balaban J connectivity index is 1.44. The van der Waals surface area contributed by atoms with E-state index < -0.39 is 6.04 Å². The number of anilines is 1. The van der Waals surface area contributed by atoms with Gasteiger partial charge >= 0.3 is 0 Å². The second kappa shape index (κ2) is 6.22. The van der Waals surface area contributed by atoms with E-state index in [1.165, 1.54) is 25.7 Å². The minimum absolute atomic E-state index is 0.174. The molecule has 4 rings (SSSR count). The second-order valence-electron chi connectivity index (χ2n) is 7.37. The molecule has 0 aromatic carbocycles. The number of nitrogens with two attached hydrogens (primary N) is 1. The van der Waals surface area contributed by atoms with Crippen LogP contribution in [0.4, 0.5) is 5.95 Å². The van der Waals surface area contributed by atoms with Gasteiger partial charge in [-0.05, 0) is 57.3 Å². The molecule has 0 aliphatic heterocycles. The van der Waals surface area contributed by atoms with Gasteiger partial charge in [0.15, 0.2) is 0 Å². The van der Waals surface area contributed by atoms with E-state index in [-0.39, 0.29) is 5.91 Å². The molecule has 0 bridgehead atoms. The number of hydrogen-bond acceptors (Lipinski definition) is 5. The lowest BCUT2D eigenvalue weighted by molar-refractivity contribution is -0.119. The molecule has 132 valence electrons. The van der Waals surface area contributed by atoms with Gasteiger partial charge in [-0.25, -0.2) is 9.97 Å². The SMILES string of the molecule is Cc1n[nH]c(C)c1-c1cnc(NC(=O)[C@@H](N)C(C2CC2)C2CC2)nc1. The number of hydrogen-bond donors (Lipinski definition) is 3.